The van der Waals surface area contributed by atoms with Gasteiger partial charge in [-0.2, -0.15) is 14.9 Å². The van der Waals surface area contributed by atoms with Crippen LogP contribution in [0.15, 0.2) is 42.9 Å². The summed E-state index contributed by atoms with van der Waals surface area (Å²) in [4.78, 5) is 6.00. The first-order valence-corrected chi connectivity index (χ1v) is 8.46. The van der Waals surface area contributed by atoms with Crippen LogP contribution in [0.1, 0.15) is 18.4 Å². The molecule has 0 amide bonds. The molecular formula is C17H14N10. The number of nitrogens with zero attached hydrogens (tertiary/aromatic N) is 8. The lowest BCUT2D eigenvalue weighted by molar-refractivity contribution is 0.720. The molecule has 27 heavy (non-hydrogen) atoms. The van der Waals surface area contributed by atoms with Crippen molar-refractivity contribution in [2.45, 2.75) is 18.9 Å². The van der Waals surface area contributed by atoms with E-state index in [1.165, 1.54) is 17.3 Å². The first-order valence-electron chi connectivity index (χ1n) is 8.46. The second-order valence-corrected chi connectivity index (χ2v) is 6.25. The Morgan fingerprint density at radius 2 is 2.11 bits per heavy atom. The zero-order chi connectivity index (χ0) is 18.2. The van der Waals surface area contributed by atoms with Gasteiger partial charge in [0.1, 0.15) is 23.3 Å². The molecule has 1 aromatic carbocycles. The Bertz CT molecular complexity index is 1150. The van der Waals surface area contributed by atoms with E-state index < -0.39 is 0 Å². The van der Waals surface area contributed by atoms with Crippen molar-refractivity contribution in [2.24, 2.45) is 0 Å². The van der Waals surface area contributed by atoms with Crippen molar-refractivity contribution in [2.75, 3.05) is 10.6 Å². The summed E-state index contributed by atoms with van der Waals surface area (Å²) in [5.41, 5.74) is 2.53. The highest BCUT2D eigenvalue weighted by molar-refractivity contribution is 5.68. The van der Waals surface area contributed by atoms with E-state index in [1.54, 1.807) is 4.52 Å². The van der Waals surface area contributed by atoms with Crippen LogP contribution in [0.25, 0.3) is 11.3 Å². The average molecular weight is 358 g/mol. The third-order valence-corrected chi connectivity index (χ3v) is 4.22. The first-order chi connectivity index (χ1) is 13.3. The summed E-state index contributed by atoms with van der Waals surface area (Å²) in [7, 11) is 0. The van der Waals surface area contributed by atoms with Crippen LogP contribution >= 0.6 is 0 Å². The van der Waals surface area contributed by atoms with E-state index in [2.05, 4.69) is 42.2 Å². The number of nitriles is 1. The molecule has 10 heteroatoms. The quantitative estimate of drug-likeness (QED) is 0.555. The molecule has 0 saturated heterocycles. The van der Waals surface area contributed by atoms with Gasteiger partial charge >= 0.3 is 0 Å². The fourth-order valence-electron chi connectivity index (χ4n) is 2.79. The molecule has 3 heterocycles. The molecule has 132 valence electrons. The topological polar surface area (TPSA) is 122 Å². The fraction of sp³-hybridized carbons (Fsp3) is 0.176. The maximum absolute atomic E-state index is 9.33. The van der Waals surface area contributed by atoms with Gasteiger partial charge in [0.2, 0.25) is 0 Å². The van der Waals surface area contributed by atoms with Crippen LogP contribution in [-0.2, 0) is 0 Å². The van der Waals surface area contributed by atoms with E-state index in [9.17, 15) is 5.26 Å². The molecule has 0 aliphatic heterocycles. The van der Waals surface area contributed by atoms with E-state index in [-0.39, 0.29) is 0 Å². The molecule has 4 aromatic rings. The molecule has 0 atom stereocenters. The lowest BCUT2D eigenvalue weighted by Crippen LogP contribution is -2.09. The Kier molecular flexibility index (Phi) is 3.43. The third-order valence-electron chi connectivity index (χ3n) is 4.22. The summed E-state index contributed by atoms with van der Waals surface area (Å²) in [6.07, 6.45) is 5.17. The van der Waals surface area contributed by atoms with Gasteiger partial charge in [-0.1, -0.05) is 6.07 Å². The summed E-state index contributed by atoms with van der Waals surface area (Å²) < 4.78 is 1.66. The molecule has 0 radical (unpaired) electrons. The molecule has 3 aromatic heterocycles. The summed E-state index contributed by atoms with van der Waals surface area (Å²) in [6, 6.07) is 12.1. The smallest absolute Gasteiger partial charge is 0.177 e. The Balaban J connectivity index is 1.53. The number of benzene rings is 1. The van der Waals surface area contributed by atoms with Crippen LogP contribution in [0.5, 0.6) is 0 Å². The highest BCUT2D eigenvalue weighted by Gasteiger charge is 2.23. The van der Waals surface area contributed by atoms with Crippen molar-refractivity contribution in [1.29, 1.82) is 5.26 Å². The molecule has 1 aliphatic carbocycles. The lowest BCUT2D eigenvalue weighted by Gasteiger charge is -2.12. The predicted octanol–water partition coefficient (Wildman–Crippen LogP) is 1.89. The van der Waals surface area contributed by atoms with Crippen LogP contribution in [-0.4, -0.2) is 40.8 Å². The minimum Gasteiger partial charge on any atom is -0.367 e. The standard InChI is InChI=1S/C17H14N10/c18-8-11-9-20-26-16(23-12-4-5-12)7-15(24-17(11)26)22-13-2-1-3-14(6-13)27-21-10-19-25-27/h1-3,6-7,9-10,12,23H,4-5H2,(H,22,24). The van der Waals surface area contributed by atoms with Gasteiger partial charge < -0.3 is 10.6 Å². The first kappa shape index (κ1) is 15.3. The number of hydrogen-bond acceptors (Lipinski definition) is 8. The lowest BCUT2D eigenvalue weighted by atomic mass is 10.3. The number of aromatic nitrogens is 7. The Morgan fingerprint density at radius 3 is 2.89 bits per heavy atom. The number of rotatable bonds is 5. The monoisotopic (exact) mass is 358 g/mol. The Labute approximate surface area is 153 Å². The fourth-order valence-corrected chi connectivity index (χ4v) is 2.79. The average Bonchev–Trinajstić information content (AvgIpc) is 3.18. The van der Waals surface area contributed by atoms with Gasteiger partial charge in [-0.25, -0.2) is 4.98 Å². The Hall–Kier alpha value is -4.00. The Morgan fingerprint density at radius 1 is 1.19 bits per heavy atom. The van der Waals surface area contributed by atoms with Gasteiger partial charge in [0.05, 0.1) is 11.9 Å². The SMILES string of the molecule is N#Cc1cnn2c(NC3CC3)cc(Nc3cccc(-n4ncnn4)c3)nc12. The van der Waals surface area contributed by atoms with Crippen LogP contribution in [0.2, 0.25) is 0 Å². The maximum Gasteiger partial charge on any atom is 0.177 e. The van der Waals surface area contributed by atoms with Gasteiger partial charge in [0, 0.05) is 17.8 Å². The molecule has 0 bridgehead atoms. The van der Waals surface area contributed by atoms with Crippen LogP contribution < -0.4 is 10.6 Å². The summed E-state index contributed by atoms with van der Waals surface area (Å²) in [6.45, 7) is 0. The van der Waals surface area contributed by atoms with Crippen LogP contribution in [0, 0.1) is 11.3 Å². The molecule has 2 N–H and O–H groups in total. The van der Waals surface area contributed by atoms with E-state index in [1.807, 2.05) is 30.3 Å². The van der Waals surface area contributed by atoms with E-state index in [0.717, 1.165) is 30.0 Å². The van der Waals surface area contributed by atoms with Crippen LogP contribution in [0.4, 0.5) is 17.3 Å². The largest absolute Gasteiger partial charge is 0.367 e. The molecule has 1 saturated carbocycles. The summed E-state index contributed by atoms with van der Waals surface area (Å²) in [5, 5.41) is 32.0. The number of tetrazole rings is 1. The highest BCUT2D eigenvalue weighted by Crippen LogP contribution is 2.28. The second-order valence-electron chi connectivity index (χ2n) is 6.25. The number of fused-ring (bicyclic) bond motifs is 1. The third kappa shape index (κ3) is 2.91. The van der Waals surface area contributed by atoms with Crippen molar-refractivity contribution in [3.05, 3.63) is 48.4 Å². The van der Waals surface area contributed by atoms with E-state index >= 15 is 0 Å². The minimum absolute atomic E-state index is 0.429. The zero-order valence-electron chi connectivity index (χ0n) is 14.1. The number of nitrogens with one attached hydrogen (secondary N) is 2. The van der Waals surface area contributed by atoms with E-state index in [4.69, 9.17) is 0 Å². The predicted molar refractivity (Wildman–Crippen MR) is 96.8 cm³/mol. The minimum atomic E-state index is 0.429. The highest BCUT2D eigenvalue weighted by atomic mass is 15.6. The second kappa shape index (κ2) is 6.06. The van der Waals surface area contributed by atoms with Gasteiger partial charge in [-0.05, 0) is 36.3 Å². The molecule has 0 unspecified atom stereocenters. The number of hydrogen-bond donors (Lipinski definition) is 2. The number of anilines is 3. The molecule has 10 nitrogen and oxygen atoms in total. The van der Waals surface area contributed by atoms with Gasteiger partial charge in [-0.15, -0.1) is 15.0 Å². The van der Waals surface area contributed by atoms with Crippen molar-refractivity contribution >= 4 is 23.0 Å². The molecule has 1 fully saturated rings. The molecular weight excluding hydrogens is 344 g/mol. The molecule has 1 aliphatic rings. The van der Waals surface area contributed by atoms with E-state index in [0.29, 0.717) is 23.1 Å². The van der Waals surface area contributed by atoms with Gasteiger partial charge in [0.25, 0.3) is 0 Å². The van der Waals surface area contributed by atoms with Crippen molar-refractivity contribution in [3.63, 3.8) is 0 Å². The summed E-state index contributed by atoms with van der Waals surface area (Å²) >= 11 is 0. The molecule has 0 spiro atoms. The van der Waals surface area contributed by atoms with Gasteiger partial charge in [0.15, 0.2) is 12.0 Å². The van der Waals surface area contributed by atoms with Crippen molar-refractivity contribution < 1.29 is 0 Å². The zero-order valence-corrected chi connectivity index (χ0v) is 14.1. The molecule has 5 rings (SSSR count). The maximum atomic E-state index is 9.33. The van der Waals surface area contributed by atoms with Crippen molar-refractivity contribution in [1.82, 2.24) is 34.8 Å². The summed E-state index contributed by atoms with van der Waals surface area (Å²) in [5.74, 6) is 1.42. The van der Waals surface area contributed by atoms with Crippen molar-refractivity contribution in [3.8, 4) is 11.8 Å². The van der Waals surface area contributed by atoms with Gasteiger partial charge in [-0.3, -0.25) is 0 Å². The van der Waals surface area contributed by atoms with Crippen LogP contribution in [0.3, 0.4) is 0 Å². The normalized spacial score (nSPS) is 13.4.